The standard InChI is InChI=1S/C17H29NO3/c1-13(2)18(11-16(19)12-21-14(3)4)10-15-6-8-17(20-5)9-7-15/h6-9,13-14,16,19H,10-12H2,1-5H3/t16-/m1/s1. The van der Waals surface area contributed by atoms with Gasteiger partial charge in [-0.3, -0.25) is 4.90 Å². The molecular formula is C17H29NO3. The molecule has 4 nitrogen and oxygen atoms in total. The van der Waals surface area contributed by atoms with Crippen LogP contribution in [-0.2, 0) is 11.3 Å². The van der Waals surface area contributed by atoms with Gasteiger partial charge in [0.25, 0.3) is 0 Å². The Bertz CT molecular complexity index is 390. The summed E-state index contributed by atoms with van der Waals surface area (Å²) in [5.41, 5.74) is 1.21. The fraction of sp³-hybridized carbons (Fsp3) is 0.647. The van der Waals surface area contributed by atoms with E-state index >= 15 is 0 Å². The Hall–Kier alpha value is -1.10. The number of methoxy groups -OCH3 is 1. The molecule has 0 fully saturated rings. The van der Waals surface area contributed by atoms with E-state index in [0.717, 1.165) is 12.3 Å². The molecule has 0 aliphatic rings. The summed E-state index contributed by atoms with van der Waals surface area (Å²) in [4.78, 5) is 2.25. The van der Waals surface area contributed by atoms with Crippen molar-refractivity contribution in [3.05, 3.63) is 29.8 Å². The third-order valence-corrected chi connectivity index (χ3v) is 3.34. The van der Waals surface area contributed by atoms with Crippen LogP contribution in [0.2, 0.25) is 0 Å². The van der Waals surface area contributed by atoms with E-state index in [4.69, 9.17) is 9.47 Å². The molecule has 0 saturated heterocycles. The van der Waals surface area contributed by atoms with Gasteiger partial charge in [0.1, 0.15) is 5.75 Å². The number of rotatable bonds is 9. The van der Waals surface area contributed by atoms with Crippen molar-refractivity contribution in [2.24, 2.45) is 0 Å². The molecule has 1 atom stereocenters. The lowest BCUT2D eigenvalue weighted by molar-refractivity contribution is -0.0136. The minimum atomic E-state index is -0.465. The van der Waals surface area contributed by atoms with Crippen LogP contribution < -0.4 is 4.74 Å². The van der Waals surface area contributed by atoms with Gasteiger partial charge in [-0.15, -0.1) is 0 Å². The molecule has 0 unspecified atom stereocenters. The topological polar surface area (TPSA) is 41.9 Å². The zero-order chi connectivity index (χ0) is 15.8. The predicted octanol–water partition coefficient (Wildman–Crippen LogP) is 2.69. The fourth-order valence-electron chi connectivity index (χ4n) is 2.05. The molecule has 21 heavy (non-hydrogen) atoms. The van der Waals surface area contributed by atoms with Gasteiger partial charge in [-0.05, 0) is 45.4 Å². The van der Waals surface area contributed by atoms with E-state index < -0.39 is 6.10 Å². The van der Waals surface area contributed by atoms with Crippen LogP contribution in [0.15, 0.2) is 24.3 Å². The summed E-state index contributed by atoms with van der Waals surface area (Å²) in [5.74, 6) is 0.861. The highest BCUT2D eigenvalue weighted by Gasteiger charge is 2.16. The normalized spacial score (nSPS) is 13.2. The molecule has 4 heteroatoms. The zero-order valence-electron chi connectivity index (χ0n) is 13.9. The molecule has 0 aliphatic carbocycles. The van der Waals surface area contributed by atoms with Crippen molar-refractivity contribution in [2.75, 3.05) is 20.3 Å². The van der Waals surface area contributed by atoms with Crippen molar-refractivity contribution in [2.45, 2.75) is 52.5 Å². The monoisotopic (exact) mass is 295 g/mol. The van der Waals surface area contributed by atoms with Crippen molar-refractivity contribution >= 4 is 0 Å². The van der Waals surface area contributed by atoms with Gasteiger partial charge >= 0.3 is 0 Å². The molecule has 1 aromatic carbocycles. The molecule has 0 heterocycles. The van der Waals surface area contributed by atoms with Crippen LogP contribution in [0.1, 0.15) is 33.3 Å². The molecule has 1 rings (SSSR count). The molecule has 0 saturated carbocycles. The highest BCUT2D eigenvalue weighted by atomic mass is 16.5. The molecule has 0 bridgehead atoms. The van der Waals surface area contributed by atoms with Crippen molar-refractivity contribution in [1.29, 1.82) is 0 Å². The van der Waals surface area contributed by atoms with Crippen LogP contribution in [-0.4, -0.2) is 48.5 Å². The van der Waals surface area contributed by atoms with Crippen LogP contribution in [0.5, 0.6) is 5.75 Å². The maximum atomic E-state index is 10.1. The molecule has 1 N–H and O–H groups in total. The minimum absolute atomic E-state index is 0.147. The quantitative estimate of drug-likeness (QED) is 0.760. The van der Waals surface area contributed by atoms with Crippen molar-refractivity contribution in [1.82, 2.24) is 4.90 Å². The first-order valence-electron chi connectivity index (χ1n) is 7.59. The molecule has 0 aliphatic heterocycles. The van der Waals surface area contributed by atoms with E-state index in [2.05, 4.69) is 30.9 Å². The van der Waals surface area contributed by atoms with E-state index in [-0.39, 0.29) is 6.10 Å². The van der Waals surface area contributed by atoms with Crippen LogP contribution in [0, 0.1) is 0 Å². The van der Waals surface area contributed by atoms with Crippen molar-refractivity contribution in [3.63, 3.8) is 0 Å². The summed E-state index contributed by atoms with van der Waals surface area (Å²) in [5, 5.41) is 10.1. The first-order chi connectivity index (χ1) is 9.92. The van der Waals surface area contributed by atoms with Crippen LogP contribution in [0.3, 0.4) is 0 Å². The Labute approximate surface area is 128 Å². The van der Waals surface area contributed by atoms with Gasteiger partial charge in [0.15, 0.2) is 0 Å². The summed E-state index contributed by atoms with van der Waals surface area (Å²) in [7, 11) is 1.67. The lowest BCUT2D eigenvalue weighted by Crippen LogP contribution is -2.39. The van der Waals surface area contributed by atoms with Gasteiger partial charge in [0.2, 0.25) is 0 Å². The maximum Gasteiger partial charge on any atom is 0.118 e. The smallest absolute Gasteiger partial charge is 0.118 e. The van der Waals surface area contributed by atoms with Gasteiger partial charge in [0.05, 0.1) is 25.9 Å². The Kier molecular flexibility index (Phi) is 7.72. The number of ether oxygens (including phenoxy) is 2. The average molecular weight is 295 g/mol. The third kappa shape index (κ3) is 6.93. The second-order valence-corrected chi connectivity index (χ2v) is 5.91. The van der Waals surface area contributed by atoms with Gasteiger partial charge in [-0.2, -0.15) is 0 Å². The number of hydrogen-bond donors (Lipinski definition) is 1. The lowest BCUT2D eigenvalue weighted by atomic mass is 10.1. The zero-order valence-corrected chi connectivity index (χ0v) is 13.9. The van der Waals surface area contributed by atoms with Crippen molar-refractivity contribution < 1.29 is 14.6 Å². The largest absolute Gasteiger partial charge is 0.497 e. The number of aliphatic hydroxyl groups is 1. The average Bonchev–Trinajstić information content (AvgIpc) is 2.45. The number of benzene rings is 1. The molecular weight excluding hydrogens is 266 g/mol. The first-order valence-corrected chi connectivity index (χ1v) is 7.59. The van der Waals surface area contributed by atoms with E-state index in [9.17, 15) is 5.11 Å². The second-order valence-electron chi connectivity index (χ2n) is 5.91. The van der Waals surface area contributed by atoms with Gasteiger partial charge in [-0.1, -0.05) is 12.1 Å². The van der Waals surface area contributed by atoms with E-state index in [0.29, 0.717) is 19.2 Å². The number of nitrogens with zero attached hydrogens (tertiary/aromatic N) is 1. The maximum absolute atomic E-state index is 10.1. The van der Waals surface area contributed by atoms with Gasteiger partial charge in [-0.25, -0.2) is 0 Å². The van der Waals surface area contributed by atoms with Crippen LogP contribution in [0.25, 0.3) is 0 Å². The van der Waals surface area contributed by atoms with Gasteiger partial charge in [0, 0.05) is 19.1 Å². The second kappa shape index (κ2) is 9.03. The van der Waals surface area contributed by atoms with Crippen LogP contribution >= 0.6 is 0 Å². The Morgan fingerprint density at radius 1 is 1.10 bits per heavy atom. The SMILES string of the molecule is COc1ccc(CN(C[C@@H](O)COC(C)C)C(C)C)cc1. The van der Waals surface area contributed by atoms with E-state index in [1.807, 2.05) is 26.0 Å². The molecule has 0 amide bonds. The van der Waals surface area contributed by atoms with Gasteiger partial charge < -0.3 is 14.6 Å². The molecule has 1 aromatic rings. The molecule has 0 radical (unpaired) electrons. The van der Waals surface area contributed by atoms with Crippen LogP contribution in [0.4, 0.5) is 0 Å². The first kappa shape index (κ1) is 18.0. The third-order valence-electron chi connectivity index (χ3n) is 3.34. The number of aliphatic hydroxyl groups excluding tert-OH is 1. The molecule has 120 valence electrons. The summed E-state index contributed by atoms with van der Waals surface area (Å²) in [6, 6.07) is 8.41. The van der Waals surface area contributed by atoms with E-state index in [1.54, 1.807) is 7.11 Å². The molecule has 0 aromatic heterocycles. The summed E-state index contributed by atoms with van der Waals surface area (Å²) >= 11 is 0. The summed E-state index contributed by atoms with van der Waals surface area (Å²) < 4.78 is 10.6. The molecule has 0 spiro atoms. The predicted molar refractivity (Wildman–Crippen MR) is 85.6 cm³/mol. The van der Waals surface area contributed by atoms with Crippen molar-refractivity contribution in [3.8, 4) is 5.75 Å². The highest BCUT2D eigenvalue weighted by molar-refractivity contribution is 5.27. The van der Waals surface area contributed by atoms with E-state index in [1.165, 1.54) is 5.56 Å². The number of hydrogen-bond acceptors (Lipinski definition) is 4. The lowest BCUT2D eigenvalue weighted by Gasteiger charge is -2.29. The minimum Gasteiger partial charge on any atom is -0.497 e. The Morgan fingerprint density at radius 2 is 1.71 bits per heavy atom. The Morgan fingerprint density at radius 3 is 2.19 bits per heavy atom. The summed E-state index contributed by atoms with van der Waals surface area (Å²) in [6.45, 7) is 10.0. The Balaban J connectivity index is 2.56. The summed E-state index contributed by atoms with van der Waals surface area (Å²) in [6.07, 6.45) is -0.318. The fourth-order valence-corrected chi connectivity index (χ4v) is 2.05. The highest BCUT2D eigenvalue weighted by Crippen LogP contribution is 2.14.